The Bertz CT molecular complexity index is 920. The van der Waals surface area contributed by atoms with Crippen molar-refractivity contribution in [1.29, 1.82) is 0 Å². The topological polar surface area (TPSA) is 68.0 Å². The largest absolute Gasteiger partial charge is 0.336 e. The van der Waals surface area contributed by atoms with Gasteiger partial charge in [-0.05, 0) is 30.4 Å². The van der Waals surface area contributed by atoms with Crippen molar-refractivity contribution >= 4 is 17.2 Å². The van der Waals surface area contributed by atoms with Gasteiger partial charge in [0.15, 0.2) is 5.82 Å². The van der Waals surface area contributed by atoms with Gasteiger partial charge in [-0.1, -0.05) is 6.07 Å². The molecule has 1 fully saturated rings. The van der Waals surface area contributed by atoms with Gasteiger partial charge in [-0.25, -0.2) is 4.98 Å². The summed E-state index contributed by atoms with van der Waals surface area (Å²) in [5, 5.41) is 10.1. The average molecular weight is 382 g/mol. The number of nitrogens with one attached hydrogen (secondary N) is 1. The molecule has 0 aromatic carbocycles. The minimum Gasteiger partial charge on any atom is -0.336 e. The minimum absolute atomic E-state index is 0.139. The number of hydrogen-bond donors (Lipinski definition) is 1. The van der Waals surface area contributed by atoms with Gasteiger partial charge in [0.1, 0.15) is 5.69 Å². The maximum absolute atomic E-state index is 12.8. The first-order chi connectivity index (χ1) is 13.3. The SMILES string of the molecule is O=C(c1cccs1)N1CCCC(n2ccnc2-c2cc3n(n2)CCNC3)C1. The van der Waals surface area contributed by atoms with Crippen molar-refractivity contribution in [3.8, 4) is 11.5 Å². The average Bonchev–Trinajstić information content (AvgIpc) is 3.47. The summed E-state index contributed by atoms with van der Waals surface area (Å²) >= 11 is 1.51. The van der Waals surface area contributed by atoms with Crippen LogP contribution in [0, 0.1) is 0 Å². The number of amides is 1. The zero-order valence-electron chi connectivity index (χ0n) is 15.0. The lowest BCUT2D eigenvalue weighted by Gasteiger charge is -2.33. The number of imidazole rings is 1. The normalized spacial score (nSPS) is 19.9. The number of piperidine rings is 1. The van der Waals surface area contributed by atoms with Crippen LogP contribution in [0.4, 0.5) is 0 Å². The van der Waals surface area contributed by atoms with E-state index in [4.69, 9.17) is 5.10 Å². The lowest BCUT2D eigenvalue weighted by atomic mass is 10.0. The Labute approximate surface area is 161 Å². The molecule has 0 aliphatic carbocycles. The molecule has 140 valence electrons. The van der Waals surface area contributed by atoms with E-state index in [1.54, 1.807) is 0 Å². The molecule has 0 spiro atoms. The van der Waals surface area contributed by atoms with Crippen LogP contribution in [0.15, 0.2) is 36.0 Å². The lowest BCUT2D eigenvalue weighted by Crippen LogP contribution is -2.40. The Kier molecular flexibility index (Phi) is 4.29. The first kappa shape index (κ1) is 16.7. The number of likely N-dealkylation sites (tertiary alicyclic amines) is 1. The van der Waals surface area contributed by atoms with Gasteiger partial charge in [-0.3, -0.25) is 9.48 Å². The van der Waals surface area contributed by atoms with Gasteiger partial charge in [0.2, 0.25) is 0 Å². The predicted molar refractivity (Wildman–Crippen MR) is 104 cm³/mol. The van der Waals surface area contributed by atoms with E-state index in [0.717, 1.165) is 62.0 Å². The highest BCUT2D eigenvalue weighted by atomic mass is 32.1. The maximum Gasteiger partial charge on any atom is 0.263 e. The quantitative estimate of drug-likeness (QED) is 0.755. The van der Waals surface area contributed by atoms with Crippen LogP contribution >= 0.6 is 11.3 Å². The molecule has 0 bridgehead atoms. The van der Waals surface area contributed by atoms with Gasteiger partial charge in [-0.2, -0.15) is 5.10 Å². The van der Waals surface area contributed by atoms with Crippen molar-refractivity contribution in [2.75, 3.05) is 19.6 Å². The summed E-state index contributed by atoms with van der Waals surface area (Å²) in [6.07, 6.45) is 5.91. The van der Waals surface area contributed by atoms with Crippen LogP contribution in [0.1, 0.15) is 34.2 Å². The van der Waals surface area contributed by atoms with Crippen LogP contribution in [-0.4, -0.2) is 49.8 Å². The molecule has 1 N–H and O–H groups in total. The second-order valence-corrected chi connectivity index (χ2v) is 8.05. The number of carbonyl (C=O) groups is 1. The van der Waals surface area contributed by atoms with Crippen molar-refractivity contribution in [2.45, 2.75) is 32.0 Å². The fraction of sp³-hybridized carbons (Fsp3) is 0.421. The first-order valence-corrected chi connectivity index (χ1v) is 10.3. The second kappa shape index (κ2) is 6.94. The molecule has 27 heavy (non-hydrogen) atoms. The number of hydrogen-bond acceptors (Lipinski definition) is 5. The van der Waals surface area contributed by atoms with E-state index in [-0.39, 0.29) is 11.9 Å². The molecule has 8 heteroatoms. The van der Waals surface area contributed by atoms with Crippen molar-refractivity contribution in [3.63, 3.8) is 0 Å². The Balaban J connectivity index is 1.40. The number of rotatable bonds is 3. The van der Waals surface area contributed by atoms with Gasteiger partial charge in [-0.15, -0.1) is 11.3 Å². The fourth-order valence-electron chi connectivity index (χ4n) is 4.03. The molecule has 3 aromatic heterocycles. The summed E-state index contributed by atoms with van der Waals surface area (Å²) in [6.45, 7) is 4.23. The third kappa shape index (κ3) is 3.08. The molecule has 1 amide bonds. The summed E-state index contributed by atoms with van der Waals surface area (Å²) in [4.78, 5) is 20.1. The highest BCUT2D eigenvalue weighted by Crippen LogP contribution is 2.28. The Morgan fingerprint density at radius 3 is 3.15 bits per heavy atom. The van der Waals surface area contributed by atoms with Crippen LogP contribution in [0.25, 0.3) is 11.5 Å². The summed E-state index contributed by atoms with van der Waals surface area (Å²) in [5.41, 5.74) is 2.12. The third-order valence-corrected chi connectivity index (χ3v) is 6.23. The van der Waals surface area contributed by atoms with Gasteiger partial charge < -0.3 is 14.8 Å². The summed E-state index contributed by atoms with van der Waals surface area (Å²) < 4.78 is 4.27. The number of thiophene rings is 1. The van der Waals surface area contributed by atoms with Crippen LogP contribution in [-0.2, 0) is 13.1 Å². The molecule has 7 nitrogen and oxygen atoms in total. The van der Waals surface area contributed by atoms with Crippen molar-refractivity contribution in [3.05, 3.63) is 46.5 Å². The molecular weight excluding hydrogens is 360 g/mol. The summed E-state index contributed by atoms with van der Waals surface area (Å²) in [5.74, 6) is 1.03. The van der Waals surface area contributed by atoms with E-state index >= 15 is 0 Å². The molecule has 3 aromatic rings. The molecule has 1 unspecified atom stereocenters. The van der Waals surface area contributed by atoms with Gasteiger partial charge in [0.25, 0.3) is 5.91 Å². The zero-order valence-corrected chi connectivity index (χ0v) is 15.9. The Morgan fingerprint density at radius 2 is 2.30 bits per heavy atom. The fourth-order valence-corrected chi connectivity index (χ4v) is 4.72. The molecule has 5 rings (SSSR count). The van der Waals surface area contributed by atoms with E-state index in [1.807, 2.05) is 34.8 Å². The Morgan fingerprint density at radius 1 is 1.33 bits per heavy atom. The Hall–Kier alpha value is -2.45. The number of carbonyl (C=O) groups excluding carboxylic acids is 1. The number of aromatic nitrogens is 4. The van der Waals surface area contributed by atoms with Crippen LogP contribution in [0.5, 0.6) is 0 Å². The third-order valence-electron chi connectivity index (χ3n) is 5.38. The van der Waals surface area contributed by atoms with E-state index in [0.29, 0.717) is 0 Å². The minimum atomic E-state index is 0.139. The lowest BCUT2D eigenvalue weighted by molar-refractivity contribution is 0.0685. The highest BCUT2D eigenvalue weighted by molar-refractivity contribution is 7.12. The van der Waals surface area contributed by atoms with Crippen molar-refractivity contribution in [1.82, 2.24) is 29.5 Å². The standard InChI is InChI=1S/C19H22N6OS/c26-19(17-4-2-10-27-17)23-7-1-3-14(13-23)24-8-6-21-18(24)16-11-15-12-20-5-9-25(15)22-16/h2,4,6,8,10-11,14,20H,1,3,5,7,9,12-13H2. The van der Waals surface area contributed by atoms with Crippen molar-refractivity contribution in [2.24, 2.45) is 0 Å². The van der Waals surface area contributed by atoms with Gasteiger partial charge in [0, 0.05) is 38.6 Å². The number of fused-ring (bicyclic) bond motifs is 1. The van der Waals surface area contributed by atoms with Crippen LogP contribution in [0.2, 0.25) is 0 Å². The molecular formula is C19H22N6OS. The van der Waals surface area contributed by atoms with Gasteiger partial charge >= 0.3 is 0 Å². The van der Waals surface area contributed by atoms with E-state index in [2.05, 4.69) is 25.6 Å². The first-order valence-electron chi connectivity index (χ1n) is 9.43. The predicted octanol–water partition coefficient (Wildman–Crippen LogP) is 2.39. The molecule has 0 saturated carbocycles. The zero-order chi connectivity index (χ0) is 18.2. The number of nitrogens with zero attached hydrogens (tertiary/aromatic N) is 5. The molecule has 5 heterocycles. The molecule has 2 aliphatic heterocycles. The van der Waals surface area contributed by atoms with Crippen LogP contribution < -0.4 is 5.32 Å². The van der Waals surface area contributed by atoms with Crippen molar-refractivity contribution < 1.29 is 4.79 Å². The molecule has 1 atom stereocenters. The molecule has 1 saturated heterocycles. The van der Waals surface area contributed by atoms with Gasteiger partial charge in [0.05, 0.1) is 23.2 Å². The second-order valence-electron chi connectivity index (χ2n) is 7.10. The highest BCUT2D eigenvalue weighted by Gasteiger charge is 2.28. The molecule has 0 radical (unpaired) electrons. The summed E-state index contributed by atoms with van der Waals surface area (Å²) in [7, 11) is 0. The van der Waals surface area contributed by atoms with E-state index in [9.17, 15) is 4.79 Å². The van der Waals surface area contributed by atoms with E-state index in [1.165, 1.54) is 17.0 Å². The van der Waals surface area contributed by atoms with E-state index < -0.39 is 0 Å². The monoisotopic (exact) mass is 382 g/mol. The van der Waals surface area contributed by atoms with Crippen LogP contribution in [0.3, 0.4) is 0 Å². The smallest absolute Gasteiger partial charge is 0.263 e. The summed E-state index contributed by atoms with van der Waals surface area (Å²) in [6, 6.07) is 6.20. The molecule has 2 aliphatic rings. The maximum atomic E-state index is 12.8.